The number of nitrogens with zero attached hydrogens (tertiary/aromatic N) is 2. The van der Waals surface area contributed by atoms with Crippen molar-refractivity contribution in [3.8, 4) is 0 Å². The fourth-order valence-corrected chi connectivity index (χ4v) is 4.92. The van der Waals surface area contributed by atoms with Crippen molar-refractivity contribution in [2.24, 2.45) is 0 Å². The number of nitrogens with one attached hydrogen (secondary N) is 1. The third kappa shape index (κ3) is 4.05. The predicted molar refractivity (Wildman–Crippen MR) is 111 cm³/mol. The maximum atomic E-state index is 13.0. The predicted octanol–water partition coefficient (Wildman–Crippen LogP) is 3.01. The first kappa shape index (κ1) is 19.6. The number of carbonyl (C=O) groups excluding carboxylic acids is 1. The molecule has 1 aliphatic heterocycles. The topological polar surface area (TPSA) is 82.9 Å². The van der Waals surface area contributed by atoms with E-state index in [4.69, 9.17) is 4.42 Å². The van der Waals surface area contributed by atoms with Gasteiger partial charge < -0.3 is 14.6 Å². The summed E-state index contributed by atoms with van der Waals surface area (Å²) in [5.41, 5.74) is 1.03. The summed E-state index contributed by atoms with van der Waals surface area (Å²) in [5, 5.41) is 3.56. The van der Waals surface area contributed by atoms with Crippen molar-refractivity contribution < 1.29 is 17.6 Å². The molecule has 0 bridgehead atoms. The number of sulfonamides is 1. The zero-order valence-electron chi connectivity index (χ0n) is 16.2. The molecule has 0 saturated carbocycles. The van der Waals surface area contributed by atoms with Gasteiger partial charge >= 0.3 is 0 Å². The number of anilines is 1. The smallest absolute Gasteiger partial charge is 0.291 e. The van der Waals surface area contributed by atoms with Crippen molar-refractivity contribution in [1.82, 2.24) is 9.21 Å². The number of hydrogen-bond acceptors (Lipinski definition) is 5. The van der Waals surface area contributed by atoms with E-state index in [1.54, 1.807) is 30.3 Å². The van der Waals surface area contributed by atoms with Crippen LogP contribution in [0.15, 0.2) is 63.9 Å². The van der Waals surface area contributed by atoms with Gasteiger partial charge in [0.2, 0.25) is 10.0 Å². The number of likely N-dealkylation sites (N-methyl/N-ethyl adjacent to an activating group) is 1. The van der Waals surface area contributed by atoms with Crippen molar-refractivity contribution in [2.45, 2.75) is 11.8 Å². The Morgan fingerprint density at radius 2 is 1.79 bits per heavy atom. The van der Waals surface area contributed by atoms with E-state index >= 15 is 0 Å². The summed E-state index contributed by atoms with van der Waals surface area (Å²) < 4.78 is 33.0. The van der Waals surface area contributed by atoms with Gasteiger partial charge in [-0.1, -0.05) is 31.2 Å². The first-order chi connectivity index (χ1) is 14.0. The second kappa shape index (κ2) is 7.98. The highest BCUT2D eigenvalue weighted by molar-refractivity contribution is 7.89. The second-order valence-corrected chi connectivity index (χ2v) is 8.91. The molecule has 8 heteroatoms. The highest BCUT2D eigenvalue weighted by Gasteiger charge is 2.28. The molecule has 1 aliphatic rings. The molecular weight excluding hydrogens is 390 g/mol. The number of amides is 1. The number of hydrogen-bond donors (Lipinski definition) is 1. The fraction of sp³-hybridized carbons (Fsp3) is 0.286. The maximum absolute atomic E-state index is 13.0. The van der Waals surface area contributed by atoms with E-state index in [1.807, 2.05) is 18.2 Å². The monoisotopic (exact) mass is 413 g/mol. The molecule has 0 atom stereocenters. The zero-order chi connectivity index (χ0) is 20.4. The third-order valence-corrected chi connectivity index (χ3v) is 7.05. The van der Waals surface area contributed by atoms with Crippen LogP contribution in [0.1, 0.15) is 17.5 Å². The number of carbonyl (C=O) groups is 1. The van der Waals surface area contributed by atoms with Gasteiger partial charge in [0.05, 0.1) is 4.90 Å². The molecule has 2 heterocycles. The van der Waals surface area contributed by atoms with Gasteiger partial charge in [0.25, 0.3) is 5.91 Å². The first-order valence-corrected chi connectivity index (χ1v) is 11.0. The Morgan fingerprint density at radius 1 is 1.03 bits per heavy atom. The molecule has 152 valence electrons. The van der Waals surface area contributed by atoms with E-state index in [0.29, 0.717) is 24.4 Å². The minimum Gasteiger partial charge on any atom is -0.451 e. The molecule has 7 nitrogen and oxygen atoms in total. The van der Waals surface area contributed by atoms with E-state index in [2.05, 4.69) is 17.1 Å². The summed E-state index contributed by atoms with van der Waals surface area (Å²) in [5.74, 6) is -0.248. The molecule has 0 spiro atoms. The molecule has 1 aromatic heterocycles. The highest BCUT2D eigenvalue weighted by atomic mass is 32.2. The molecule has 2 aromatic carbocycles. The molecule has 3 aromatic rings. The van der Waals surface area contributed by atoms with Crippen LogP contribution in [0.2, 0.25) is 0 Å². The summed E-state index contributed by atoms with van der Waals surface area (Å²) in [7, 11) is -3.61. The lowest BCUT2D eigenvalue weighted by molar-refractivity contribution is 0.0998. The Balaban J connectivity index is 1.51. The van der Waals surface area contributed by atoms with Crippen LogP contribution in [0.4, 0.5) is 5.69 Å². The summed E-state index contributed by atoms with van der Waals surface area (Å²) >= 11 is 0. The number of fused-ring (bicyclic) bond motifs is 1. The van der Waals surface area contributed by atoms with Crippen LogP contribution < -0.4 is 5.32 Å². The van der Waals surface area contributed by atoms with E-state index in [9.17, 15) is 13.2 Å². The Kier molecular flexibility index (Phi) is 5.40. The molecule has 4 rings (SSSR count). The molecule has 0 aliphatic carbocycles. The lowest BCUT2D eigenvalue weighted by Crippen LogP contribution is -2.48. The number of furan rings is 1. The maximum Gasteiger partial charge on any atom is 0.291 e. The van der Waals surface area contributed by atoms with Crippen molar-refractivity contribution >= 4 is 32.6 Å². The summed E-state index contributed by atoms with van der Waals surface area (Å²) in [4.78, 5) is 14.9. The molecule has 29 heavy (non-hydrogen) atoms. The Morgan fingerprint density at radius 3 is 2.52 bits per heavy atom. The Bertz CT molecular complexity index is 1100. The van der Waals surface area contributed by atoms with Gasteiger partial charge in [-0.25, -0.2) is 8.42 Å². The third-order valence-electron chi connectivity index (χ3n) is 5.16. The normalized spacial score (nSPS) is 16.2. The average molecular weight is 413 g/mol. The molecule has 1 N–H and O–H groups in total. The van der Waals surface area contributed by atoms with E-state index in [1.165, 1.54) is 10.4 Å². The molecule has 0 radical (unpaired) electrons. The van der Waals surface area contributed by atoms with Gasteiger partial charge in [0.15, 0.2) is 5.76 Å². The van der Waals surface area contributed by atoms with Crippen LogP contribution in [0.5, 0.6) is 0 Å². The fourth-order valence-electron chi connectivity index (χ4n) is 3.46. The van der Waals surface area contributed by atoms with Crippen molar-refractivity contribution in [1.29, 1.82) is 0 Å². The van der Waals surface area contributed by atoms with Crippen LogP contribution in [-0.2, 0) is 10.0 Å². The minimum absolute atomic E-state index is 0.171. The molecule has 0 unspecified atom stereocenters. The minimum atomic E-state index is -3.61. The summed E-state index contributed by atoms with van der Waals surface area (Å²) in [6.45, 7) is 5.35. The quantitative estimate of drug-likeness (QED) is 0.695. The first-order valence-electron chi connectivity index (χ1n) is 9.60. The lowest BCUT2D eigenvalue weighted by Gasteiger charge is -2.33. The van der Waals surface area contributed by atoms with E-state index in [-0.39, 0.29) is 10.7 Å². The highest BCUT2D eigenvalue weighted by Crippen LogP contribution is 2.23. The van der Waals surface area contributed by atoms with E-state index < -0.39 is 15.9 Å². The average Bonchev–Trinajstić information content (AvgIpc) is 3.18. The van der Waals surface area contributed by atoms with Crippen LogP contribution in [0, 0.1) is 0 Å². The number of benzene rings is 2. The summed E-state index contributed by atoms with van der Waals surface area (Å²) in [6, 6.07) is 15.4. The summed E-state index contributed by atoms with van der Waals surface area (Å²) in [6.07, 6.45) is 0. The largest absolute Gasteiger partial charge is 0.451 e. The van der Waals surface area contributed by atoms with Gasteiger partial charge in [-0.3, -0.25) is 4.79 Å². The van der Waals surface area contributed by atoms with Gasteiger partial charge in [0.1, 0.15) is 5.58 Å². The van der Waals surface area contributed by atoms with Gasteiger partial charge in [-0.2, -0.15) is 4.31 Å². The SMILES string of the molecule is CCN1CCN(S(=O)(=O)c2cccc(NC(=O)c3cc4ccccc4o3)c2)CC1. The van der Waals surface area contributed by atoms with Crippen molar-refractivity contribution in [3.05, 3.63) is 60.4 Å². The molecule has 1 saturated heterocycles. The zero-order valence-corrected chi connectivity index (χ0v) is 17.0. The number of para-hydroxylation sites is 1. The van der Waals surface area contributed by atoms with Crippen molar-refractivity contribution in [3.63, 3.8) is 0 Å². The van der Waals surface area contributed by atoms with Gasteiger partial charge in [-0.15, -0.1) is 0 Å². The van der Waals surface area contributed by atoms with Crippen LogP contribution in [0.25, 0.3) is 11.0 Å². The Hall–Kier alpha value is -2.68. The Labute approximate surface area is 170 Å². The second-order valence-electron chi connectivity index (χ2n) is 6.97. The van der Waals surface area contributed by atoms with Crippen LogP contribution >= 0.6 is 0 Å². The lowest BCUT2D eigenvalue weighted by atomic mass is 10.2. The number of piperazine rings is 1. The van der Waals surface area contributed by atoms with Gasteiger partial charge in [-0.05, 0) is 36.9 Å². The van der Waals surface area contributed by atoms with Gasteiger partial charge in [0, 0.05) is 37.3 Å². The van der Waals surface area contributed by atoms with Crippen LogP contribution in [0.3, 0.4) is 0 Å². The molecule has 1 fully saturated rings. The van der Waals surface area contributed by atoms with Crippen molar-refractivity contribution in [2.75, 3.05) is 38.0 Å². The van der Waals surface area contributed by atoms with E-state index in [0.717, 1.165) is 25.0 Å². The molecular formula is C21H23N3O4S. The molecule has 1 amide bonds. The number of rotatable bonds is 5. The van der Waals surface area contributed by atoms with Crippen LogP contribution in [-0.4, -0.2) is 56.3 Å². The standard InChI is InChI=1S/C21H23N3O4S/c1-2-23-10-12-24(13-11-23)29(26,27)18-8-5-7-17(15-18)22-21(25)20-14-16-6-3-4-9-19(16)28-20/h3-9,14-15H,2,10-13H2,1H3,(H,22,25).